The van der Waals surface area contributed by atoms with Crippen LogP contribution in [0.3, 0.4) is 0 Å². The van der Waals surface area contributed by atoms with Crippen LogP contribution in [-0.2, 0) is 0 Å². The third-order valence-electron chi connectivity index (χ3n) is 3.63. The van der Waals surface area contributed by atoms with Crippen LogP contribution in [0.15, 0.2) is 12.1 Å². The summed E-state index contributed by atoms with van der Waals surface area (Å²) < 4.78 is 6.24. The molecule has 0 aliphatic carbocycles. The molecular formula is C14H21NO. The van der Waals surface area contributed by atoms with Gasteiger partial charge < -0.3 is 10.1 Å². The van der Waals surface area contributed by atoms with Gasteiger partial charge in [0, 0.05) is 0 Å². The molecule has 2 nitrogen and oxygen atoms in total. The fourth-order valence-electron chi connectivity index (χ4n) is 2.37. The minimum Gasteiger partial charge on any atom is -0.483 e. The Morgan fingerprint density at radius 2 is 1.94 bits per heavy atom. The van der Waals surface area contributed by atoms with Crippen molar-refractivity contribution < 1.29 is 4.74 Å². The second-order valence-electron chi connectivity index (χ2n) is 4.80. The van der Waals surface area contributed by atoms with E-state index in [1.807, 2.05) is 0 Å². The molecule has 0 atom stereocenters. The smallest absolute Gasteiger partial charge is 0.146 e. The van der Waals surface area contributed by atoms with Crippen LogP contribution in [0.25, 0.3) is 0 Å². The Kier molecular flexibility index (Phi) is 2.83. The monoisotopic (exact) mass is 219 g/mol. The van der Waals surface area contributed by atoms with Crippen LogP contribution in [-0.4, -0.2) is 12.1 Å². The number of hydrogen-bond donors (Lipinski definition) is 1. The first kappa shape index (κ1) is 11.3. The molecule has 0 bridgehead atoms. The topological polar surface area (TPSA) is 21.3 Å². The predicted molar refractivity (Wildman–Crippen MR) is 68.3 cm³/mol. The first-order valence-corrected chi connectivity index (χ1v) is 6.14. The summed E-state index contributed by atoms with van der Waals surface area (Å²) in [6.45, 7) is 9.54. The molecule has 1 N–H and O–H groups in total. The molecule has 2 heteroatoms. The van der Waals surface area contributed by atoms with Crippen molar-refractivity contribution in [2.75, 3.05) is 11.9 Å². The molecular weight excluding hydrogens is 198 g/mol. The SMILES string of the molecule is CCC1(CC)CNc2cc(C)cc(C)c2O1. The van der Waals surface area contributed by atoms with Gasteiger partial charge in [-0.2, -0.15) is 0 Å². The van der Waals surface area contributed by atoms with Crippen molar-refractivity contribution in [2.45, 2.75) is 46.1 Å². The van der Waals surface area contributed by atoms with Crippen LogP contribution in [0.5, 0.6) is 5.75 Å². The Balaban J connectivity index is 2.40. The van der Waals surface area contributed by atoms with Gasteiger partial charge >= 0.3 is 0 Å². The molecule has 16 heavy (non-hydrogen) atoms. The molecule has 1 aliphatic rings. The number of aryl methyl sites for hydroxylation is 2. The number of fused-ring (bicyclic) bond motifs is 1. The second-order valence-corrected chi connectivity index (χ2v) is 4.80. The van der Waals surface area contributed by atoms with Gasteiger partial charge in [0.05, 0.1) is 12.2 Å². The molecule has 0 fully saturated rings. The van der Waals surface area contributed by atoms with Crippen LogP contribution in [0.2, 0.25) is 0 Å². The molecule has 1 heterocycles. The zero-order valence-electron chi connectivity index (χ0n) is 10.7. The third-order valence-corrected chi connectivity index (χ3v) is 3.63. The summed E-state index contributed by atoms with van der Waals surface area (Å²) in [5.74, 6) is 1.04. The van der Waals surface area contributed by atoms with Gasteiger partial charge in [0.25, 0.3) is 0 Å². The minimum atomic E-state index is -0.0208. The van der Waals surface area contributed by atoms with E-state index in [4.69, 9.17) is 4.74 Å². The number of rotatable bonds is 2. The summed E-state index contributed by atoms with van der Waals surface area (Å²) in [5, 5.41) is 3.51. The standard InChI is InChI=1S/C14H21NO/c1-5-14(6-2)9-15-12-8-10(3)7-11(4)13(12)16-14/h7-8,15H,5-6,9H2,1-4H3. The molecule has 0 spiro atoms. The van der Waals surface area contributed by atoms with Crippen LogP contribution in [0.4, 0.5) is 5.69 Å². The van der Waals surface area contributed by atoms with Gasteiger partial charge in [-0.1, -0.05) is 19.9 Å². The van der Waals surface area contributed by atoms with Crippen molar-refractivity contribution in [1.29, 1.82) is 0 Å². The molecule has 88 valence electrons. The minimum absolute atomic E-state index is 0.0208. The Labute approximate surface area is 98.0 Å². The van der Waals surface area contributed by atoms with E-state index < -0.39 is 0 Å². The van der Waals surface area contributed by atoms with Crippen molar-refractivity contribution in [3.05, 3.63) is 23.3 Å². The van der Waals surface area contributed by atoms with E-state index in [1.165, 1.54) is 11.1 Å². The lowest BCUT2D eigenvalue weighted by Crippen LogP contribution is -2.45. The number of benzene rings is 1. The van der Waals surface area contributed by atoms with Crippen molar-refractivity contribution in [3.8, 4) is 5.75 Å². The van der Waals surface area contributed by atoms with Crippen LogP contribution < -0.4 is 10.1 Å². The van der Waals surface area contributed by atoms with Crippen molar-refractivity contribution in [1.82, 2.24) is 0 Å². The second kappa shape index (κ2) is 4.00. The molecule has 0 aromatic heterocycles. The quantitative estimate of drug-likeness (QED) is 0.819. The summed E-state index contributed by atoms with van der Waals surface area (Å²) >= 11 is 0. The van der Waals surface area contributed by atoms with E-state index in [1.54, 1.807) is 0 Å². The van der Waals surface area contributed by atoms with Gasteiger partial charge in [0.2, 0.25) is 0 Å². The lowest BCUT2D eigenvalue weighted by molar-refractivity contribution is 0.0662. The maximum absolute atomic E-state index is 6.24. The molecule has 0 amide bonds. The van der Waals surface area contributed by atoms with Crippen LogP contribution in [0, 0.1) is 13.8 Å². The fourth-order valence-corrected chi connectivity index (χ4v) is 2.37. The Bertz CT molecular complexity index is 394. The Morgan fingerprint density at radius 3 is 2.56 bits per heavy atom. The summed E-state index contributed by atoms with van der Waals surface area (Å²) in [7, 11) is 0. The van der Waals surface area contributed by atoms with E-state index in [0.29, 0.717) is 0 Å². The van der Waals surface area contributed by atoms with E-state index >= 15 is 0 Å². The van der Waals surface area contributed by atoms with Gasteiger partial charge in [-0.05, 0) is 43.9 Å². The van der Waals surface area contributed by atoms with E-state index in [9.17, 15) is 0 Å². The van der Waals surface area contributed by atoms with Gasteiger partial charge in [0.15, 0.2) is 0 Å². The lowest BCUT2D eigenvalue weighted by Gasteiger charge is -2.39. The zero-order chi connectivity index (χ0) is 11.8. The average Bonchev–Trinajstić information content (AvgIpc) is 2.29. The van der Waals surface area contributed by atoms with Gasteiger partial charge in [-0.15, -0.1) is 0 Å². The van der Waals surface area contributed by atoms with Gasteiger partial charge in [-0.25, -0.2) is 0 Å². The summed E-state index contributed by atoms with van der Waals surface area (Å²) in [5.41, 5.74) is 3.64. The highest BCUT2D eigenvalue weighted by Gasteiger charge is 2.33. The van der Waals surface area contributed by atoms with Gasteiger partial charge in [0.1, 0.15) is 11.4 Å². The lowest BCUT2D eigenvalue weighted by atomic mass is 9.94. The van der Waals surface area contributed by atoms with E-state index in [0.717, 1.165) is 30.8 Å². The Morgan fingerprint density at radius 1 is 1.25 bits per heavy atom. The third kappa shape index (κ3) is 1.77. The molecule has 1 aliphatic heterocycles. The normalized spacial score (nSPS) is 17.2. The number of ether oxygens (including phenoxy) is 1. The van der Waals surface area contributed by atoms with Crippen molar-refractivity contribution >= 4 is 5.69 Å². The molecule has 2 rings (SSSR count). The average molecular weight is 219 g/mol. The first-order chi connectivity index (χ1) is 7.60. The first-order valence-electron chi connectivity index (χ1n) is 6.14. The number of hydrogen-bond acceptors (Lipinski definition) is 2. The fraction of sp³-hybridized carbons (Fsp3) is 0.571. The van der Waals surface area contributed by atoms with E-state index in [-0.39, 0.29) is 5.60 Å². The molecule has 1 aromatic carbocycles. The highest BCUT2D eigenvalue weighted by atomic mass is 16.5. The largest absolute Gasteiger partial charge is 0.483 e. The summed E-state index contributed by atoms with van der Waals surface area (Å²) in [6, 6.07) is 4.35. The number of anilines is 1. The van der Waals surface area contributed by atoms with Gasteiger partial charge in [-0.3, -0.25) is 0 Å². The molecule has 0 saturated heterocycles. The molecule has 0 radical (unpaired) electrons. The maximum atomic E-state index is 6.24. The molecule has 0 unspecified atom stereocenters. The molecule has 1 aromatic rings. The summed E-state index contributed by atoms with van der Waals surface area (Å²) in [6.07, 6.45) is 2.09. The van der Waals surface area contributed by atoms with Crippen molar-refractivity contribution in [3.63, 3.8) is 0 Å². The molecule has 0 saturated carbocycles. The zero-order valence-corrected chi connectivity index (χ0v) is 10.7. The van der Waals surface area contributed by atoms with E-state index in [2.05, 4.69) is 45.1 Å². The van der Waals surface area contributed by atoms with Crippen molar-refractivity contribution in [2.24, 2.45) is 0 Å². The number of nitrogens with one attached hydrogen (secondary N) is 1. The van der Waals surface area contributed by atoms with Crippen LogP contribution in [0.1, 0.15) is 37.8 Å². The maximum Gasteiger partial charge on any atom is 0.146 e. The predicted octanol–water partition coefficient (Wildman–Crippen LogP) is 3.67. The highest BCUT2D eigenvalue weighted by Crippen LogP contribution is 2.39. The summed E-state index contributed by atoms with van der Waals surface area (Å²) in [4.78, 5) is 0. The van der Waals surface area contributed by atoms with Crippen LogP contribution >= 0.6 is 0 Å². The highest BCUT2D eigenvalue weighted by molar-refractivity contribution is 5.63. The Hall–Kier alpha value is -1.18.